The van der Waals surface area contributed by atoms with Gasteiger partial charge in [0.05, 0.1) is 12.2 Å². The Bertz CT molecular complexity index is 685. The van der Waals surface area contributed by atoms with Crippen LogP contribution in [0.4, 0.5) is 0 Å². The van der Waals surface area contributed by atoms with Gasteiger partial charge < -0.3 is 35.4 Å². The molecule has 1 fully saturated rings. The van der Waals surface area contributed by atoms with E-state index in [0.29, 0.717) is 5.56 Å². The molecule has 1 aromatic rings. The zero-order valence-corrected chi connectivity index (χ0v) is 12.9. The molecule has 0 spiro atoms. The fourth-order valence-corrected chi connectivity index (χ4v) is 2.58. The van der Waals surface area contributed by atoms with Gasteiger partial charge in [-0.2, -0.15) is 0 Å². The number of carboxylic acid groups (broad SMARTS) is 1. The number of aliphatic hydroxyl groups excluding tert-OH is 2. The summed E-state index contributed by atoms with van der Waals surface area (Å²) < 4.78 is 4.92. The van der Waals surface area contributed by atoms with Crippen LogP contribution in [0.5, 0.6) is 11.5 Å². The molecule has 2 rings (SSSR count). The molecule has 0 aromatic heterocycles. The average Bonchev–Trinajstić information content (AvgIpc) is 2.52. The summed E-state index contributed by atoms with van der Waals surface area (Å²) in [6.07, 6.45) is -3.43. The number of hydrogen-bond acceptors (Lipinski definition) is 8. The highest BCUT2D eigenvalue weighted by Gasteiger charge is 2.50. The van der Waals surface area contributed by atoms with Crippen molar-refractivity contribution in [1.29, 1.82) is 0 Å². The lowest BCUT2D eigenvalue weighted by molar-refractivity contribution is -0.196. The van der Waals surface area contributed by atoms with Crippen molar-refractivity contribution in [3.05, 3.63) is 29.8 Å². The largest absolute Gasteiger partial charge is 0.504 e. The molecule has 0 amide bonds. The third-order valence-electron chi connectivity index (χ3n) is 3.91. The molecular formula is C16H18O9. The molecule has 6 N–H and O–H groups in total. The number of hydrogen-bond donors (Lipinski definition) is 6. The molecule has 1 aliphatic rings. The number of aromatic hydroxyl groups is 2. The van der Waals surface area contributed by atoms with Gasteiger partial charge in [0.15, 0.2) is 23.2 Å². The van der Waals surface area contributed by atoms with E-state index >= 15 is 0 Å². The maximum absolute atomic E-state index is 11.8. The van der Waals surface area contributed by atoms with Gasteiger partial charge in [-0.1, -0.05) is 6.07 Å². The van der Waals surface area contributed by atoms with Crippen LogP contribution in [0.25, 0.3) is 6.08 Å². The van der Waals surface area contributed by atoms with Crippen molar-refractivity contribution in [1.82, 2.24) is 0 Å². The predicted molar refractivity (Wildman–Crippen MR) is 82.5 cm³/mol. The van der Waals surface area contributed by atoms with E-state index in [1.54, 1.807) is 0 Å². The number of rotatable bonds is 4. The van der Waals surface area contributed by atoms with Crippen LogP contribution in [0.1, 0.15) is 18.4 Å². The van der Waals surface area contributed by atoms with E-state index in [9.17, 15) is 35.1 Å². The smallest absolute Gasteiger partial charge is 0.335 e. The zero-order chi connectivity index (χ0) is 18.8. The summed E-state index contributed by atoms with van der Waals surface area (Å²) in [4.78, 5) is 22.8. The number of carbonyl (C=O) groups is 2. The molecule has 0 unspecified atom stereocenters. The van der Waals surface area contributed by atoms with Crippen LogP contribution in [-0.4, -0.2) is 66.5 Å². The molecule has 1 aliphatic carbocycles. The van der Waals surface area contributed by atoms with E-state index in [1.165, 1.54) is 24.3 Å². The standard InChI is InChI=1S/C16H18O9/c17-9-3-1-8(5-10(9)18)2-4-13(21)25-14-11(19)6-16(24,15(22)23)7-12(14)20/h1-5,11-12,14,17-20,24H,6-7H2,(H,22,23)/b4-2+/t11-,12-,14?,16?/m0/s1. The Balaban J connectivity index is 2.01. The number of carboxylic acids is 1. The number of carbonyl (C=O) groups excluding carboxylic acids is 1. The van der Waals surface area contributed by atoms with E-state index in [1.807, 2.05) is 0 Å². The molecule has 2 atom stereocenters. The first-order valence-electron chi connectivity index (χ1n) is 7.35. The van der Waals surface area contributed by atoms with Crippen molar-refractivity contribution < 1.29 is 45.0 Å². The first-order chi connectivity index (χ1) is 11.6. The zero-order valence-electron chi connectivity index (χ0n) is 12.9. The van der Waals surface area contributed by atoms with Gasteiger partial charge in [-0.3, -0.25) is 0 Å². The lowest BCUT2D eigenvalue weighted by Gasteiger charge is -2.39. The highest BCUT2D eigenvalue weighted by Crippen LogP contribution is 2.31. The Hall–Kier alpha value is -2.62. The first kappa shape index (κ1) is 18.7. The summed E-state index contributed by atoms with van der Waals surface area (Å²) in [5.41, 5.74) is -1.90. The number of phenolic OH excluding ortho intramolecular Hbond substituents is 2. The molecule has 9 nitrogen and oxygen atoms in total. The summed E-state index contributed by atoms with van der Waals surface area (Å²) in [6, 6.07) is 3.86. The van der Waals surface area contributed by atoms with Gasteiger partial charge in [0.2, 0.25) is 0 Å². The van der Waals surface area contributed by atoms with Crippen LogP contribution < -0.4 is 0 Å². The van der Waals surface area contributed by atoms with Crippen LogP contribution in [0.2, 0.25) is 0 Å². The highest BCUT2D eigenvalue weighted by molar-refractivity contribution is 5.87. The summed E-state index contributed by atoms with van der Waals surface area (Å²) in [5, 5.41) is 57.1. The number of phenols is 2. The number of aliphatic carboxylic acids is 1. The minimum absolute atomic E-state index is 0.320. The van der Waals surface area contributed by atoms with Crippen molar-refractivity contribution in [2.45, 2.75) is 36.8 Å². The fraction of sp³-hybridized carbons (Fsp3) is 0.375. The van der Waals surface area contributed by atoms with Crippen LogP contribution in [0, 0.1) is 0 Å². The Kier molecular flexibility index (Phi) is 5.31. The predicted octanol–water partition coefficient (Wildman–Crippen LogP) is -0.646. The number of aliphatic hydroxyl groups is 3. The Morgan fingerprint density at radius 3 is 2.24 bits per heavy atom. The number of benzene rings is 1. The van der Waals surface area contributed by atoms with Crippen LogP contribution >= 0.6 is 0 Å². The topological polar surface area (TPSA) is 165 Å². The van der Waals surface area contributed by atoms with E-state index < -0.39 is 48.7 Å². The lowest BCUT2D eigenvalue weighted by Crippen LogP contribution is -2.57. The van der Waals surface area contributed by atoms with Gasteiger partial charge in [-0.15, -0.1) is 0 Å². The van der Waals surface area contributed by atoms with Crippen molar-refractivity contribution >= 4 is 18.0 Å². The number of ether oxygens (including phenoxy) is 1. The summed E-state index contributed by atoms with van der Waals surface area (Å²) >= 11 is 0. The molecule has 0 saturated heterocycles. The van der Waals surface area contributed by atoms with Crippen molar-refractivity contribution in [2.24, 2.45) is 0 Å². The Morgan fingerprint density at radius 1 is 1.12 bits per heavy atom. The molecule has 136 valence electrons. The van der Waals surface area contributed by atoms with Gasteiger partial charge in [0.25, 0.3) is 0 Å². The quantitative estimate of drug-likeness (QED) is 0.234. The normalized spacial score (nSPS) is 29.5. The van der Waals surface area contributed by atoms with E-state index in [0.717, 1.165) is 6.08 Å². The molecule has 0 bridgehead atoms. The molecule has 0 heterocycles. The van der Waals surface area contributed by atoms with Gasteiger partial charge >= 0.3 is 11.9 Å². The lowest BCUT2D eigenvalue weighted by atomic mass is 9.79. The third kappa shape index (κ3) is 4.27. The molecule has 1 saturated carbocycles. The Morgan fingerprint density at radius 2 is 1.72 bits per heavy atom. The van der Waals surface area contributed by atoms with Crippen LogP contribution in [-0.2, 0) is 14.3 Å². The maximum atomic E-state index is 11.8. The summed E-state index contributed by atoms with van der Waals surface area (Å²) in [6.45, 7) is 0. The second-order valence-electron chi connectivity index (χ2n) is 5.86. The van der Waals surface area contributed by atoms with Crippen molar-refractivity contribution in [3.63, 3.8) is 0 Å². The van der Waals surface area contributed by atoms with E-state index in [-0.39, 0.29) is 11.5 Å². The summed E-state index contributed by atoms with van der Waals surface area (Å²) in [7, 11) is 0. The molecule has 0 aliphatic heterocycles. The first-order valence-corrected chi connectivity index (χ1v) is 7.35. The maximum Gasteiger partial charge on any atom is 0.335 e. The second-order valence-corrected chi connectivity index (χ2v) is 5.86. The highest BCUT2D eigenvalue weighted by atomic mass is 16.6. The van der Waals surface area contributed by atoms with E-state index in [4.69, 9.17) is 9.84 Å². The Labute approximate surface area is 142 Å². The molecule has 1 aromatic carbocycles. The molecule has 0 radical (unpaired) electrons. The summed E-state index contributed by atoms with van der Waals surface area (Å²) in [5.74, 6) is -3.19. The molecular weight excluding hydrogens is 336 g/mol. The average molecular weight is 354 g/mol. The molecule has 9 heteroatoms. The third-order valence-corrected chi connectivity index (χ3v) is 3.91. The van der Waals surface area contributed by atoms with Gasteiger partial charge in [-0.25, -0.2) is 9.59 Å². The van der Waals surface area contributed by atoms with Gasteiger partial charge in [-0.05, 0) is 23.8 Å². The fourth-order valence-electron chi connectivity index (χ4n) is 2.58. The van der Waals surface area contributed by atoms with Crippen molar-refractivity contribution in [2.75, 3.05) is 0 Å². The van der Waals surface area contributed by atoms with Gasteiger partial charge in [0, 0.05) is 18.9 Å². The van der Waals surface area contributed by atoms with E-state index in [2.05, 4.69) is 0 Å². The van der Waals surface area contributed by atoms with Crippen LogP contribution in [0.15, 0.2) is 24.3 Å². The van der Waals surface area contributed by atoms with Gasteiger partial charge in [0.1, 0.15) is 0 Å². The minimum Gasteiger partial charge on any atom is -0.504 e. The second kappa shape index (κ2) is 7.09. The van der Waals surface area contributed by atoms with Crippen molar-refractivity contribution in [3.8, 4) is 11.5 Å². The minimum atomic E-state index is -2.29. The SMILES string of the molecule is O=C(/C=C/c1ccc(O)c(O)c1)OC1[C@@H](O)CC(O)(C(=O)O)C[C@@H]1O. The molecule has 25 heavy (non-hydrogen) atoms. The number of esters is 1. The van der Waals surface area contributed by atoms with Crippen LogP contribution in [0.3, 0.4) is 0 Å². The monoisotopic (exact) mass is 354 g/mol.